The molecule has 2 N–H and O–H groups in total. The lowest BCUT2D eigenvalue weighted by atomic mass is 10.0. The summed E-state index contributed by atoms with van der Waals surface area (Å²) in [5.41, 5.74) is 3.86. The van der Waals surface area contributed by atoms with Crippen LogP contribution in [-0.2, 0) is 19.5 Å². The van der Waals surface area contributed by atoms with Gasteiger partial charge in [0.15, 0.2) is 0 Å². The number of rotatable bonds is 5. The predicted octanol–water partition coefficient (Wildman–Crippen LogP) is 3.39. The van der Waals surface area contributed by atoms with Gasteiger partial charge in [-0.05, 0) is 35.4 Å². The number of thiazole rings is 1. The molecule has 0 aliphatic carbocycles. The average molecular weight is 379 g/mol. The minimum atomic E-state index is -0.0864. The van der Waals surface area contributed by atoms with E-state index in [4.69, 9.17) is 4.74 Å². The number of hydrogen-bond acceptors (Lipinski definition) is 5. The van der Waals surface area contributed by atoms with Crippen molar-refractivity contribution in [2.75, 3.05) is 13.7 Å². The number of carbonyl (C=O) groups is 1. The minimum Gasteiger partial charge on any atom is -0.497 e. The fourth-order valence-electron chi connectivity index (χ4n) is 3.14. The van der Waals surface area contributed by atoms with Crippen LogP contribution in [0.4, 0.5) is 0 Å². The van der Waals surface area contributed by atoms with Crippen LogP contribution in [-0.4, -0.2) is 24.5 Å². The van der Waals surface area contributed by atoms with Gasteiger partial charge in [-0.3, -0.25) is 4.79 Å². The van der Waals surface area contributed by atoms with E-state index < -0.39 is 0 Å². The molecule has 2 aromatic carbocycles. The average Bonchev–Trinajstić information content (AvgIpc) is 3.15. The maximum Gasteiger partial charge on any atom is 0.251 e. The number of methoxy groups -OCH3 is 1. The van der Waals surface area contributed by atoms with Gasteiger partial charge in [0.25, 0.3) is 5.91 Å². The zero-order valence-corrected chi connectivity index (χ0v) is 15.9. The van der Waals surface area contributed by atoms with E-state index in [0.717, 1.165) is 41.4 Å². The van der Waals surface area contributed by atoms with Gasteiger partial charge in [0, 0.05) is 30.0 Å². The van der Waals surface area contributed by atoms with Gasteiger partial charge in [0.1, 0.15) is 10.8 Å². The summed E-state index contributed by atoms with van der Waals surface area (Å²) in [5.74, 6) is 0.727. The lowest BCUT2D eigenvalue weighted by Crippen LogP contribution is -2.23. The molecule has 6 heteroatoms. The summed E-state index contributed by atoms with van der Waals surface area (Å²) >= 11 is 1.68. The van der Waals surface area contributed by atoms with E-state index >= 15 is 0 Å². The molecule has 1 aromatic heterocycles. The molecule has 0 fully saturated rings. The Kier molecular flexibility index (Phi) is 5.18. The molecule has 1 aliphatic heterocycles. The second-order valence-electron chi connectivity index (χ2n) is 6.40. The predicted molar refractivity (Wildman–Crippen MR) is 107 cm³/mol. The second kappa shape index (κ2) is 7.90. The summed E-state index contributed by atoms with van der Waals surface area (Å²) < 4.78 is 5.20. The van der Waals surface area contributed by atoms with Crippen molar-refractivity contribution < 1.29 is 9.53 Å². The Hall–Kier alpha value is -2.70. The molecular formula is C21H21N3O2S. The maximum absolute atomic E-state index is 12.6. The third kappa shape index (κ3) is 4.02. The van der Waals surface area contributed by atoms with Crippen LogP contribution in [0.5, 0.6) is 5.75 Å². The Morgan fingerprint density at radius 3 is 2.85 bits per heavy atom. The number of nitrogens with zero attached hydrogens (tertiary/aromatic N) is 1. The van der Waals surface area contributed by atoms with Crippen molar-refractivity contribution in [3.05, 3.63) is 69.7 Å². The molecule has 3 aromatic rings. The molecule has 5 nitrogen and oxygen atoms in total. The van der Waals surface area contributed by atoms with Gasteiger partial charge in [-0.2, -0.15) is 0 Å². The normalized spacial score (nSPS) is 13.1. The summed E-state index contributed by atoms with van der Waals surface area (Å²) in [6.45, 7) is 2.31. The summed E-state index contributed by atoms with van der Waals surface area (Å²) in [6.07, 6.45) is 0.962. The van der Waals surface area contributed by atoms with Gasteiger partial charge in [0.2, 0.25) is 0 Å². The highest BCUT2D eigenvalue weighted by atomic mass is 32.1. The molecule has 0 spiro atoms. The summed E-state index contributed by atoms with van der Waals surface area (Å²) in [7, 11) is 1.65. The largest absolute Gasteiger partial charge is 0.497 e. The van der Waals surface area contributed by atoms with Gasteiger partial charge in [-0.25, -0.2) is 4.98 Å². The number of aromatic nitrogens is 1. The highest BCUT2D eigenvalue weighted by Crippen LogP contribution is 2.24. The molecule has 0 bridgehead atoms. The van der Waals surface area contributed by atoms with E-state index in [1.54, 1.807) is 18.4 Å². The first-order valence-corrected chi connectivity index (χ1v) is 9.75. The first kappa shape index (κ1) is 17.7. The first-order valence-electron chi connectivity index (χ1n) is 8.94. The standard InChI is InChI=1S/C21H21N3O2S/c1-26-17-7-5-14(6-8-17)15-3-2-4-16(11-15)21(25)23-13-20-24-18-9-10-22-12-19(18)27-20/h2-8,11,22H,9-10,12-13H2,1H3,(H,23,25). The topological polar surface area (TPSA) is 63.2 Å². The van der Waals surface area contributed by atoms with E-state index in [-0.39, 0.29) is 5.91 Å². The quantitative estimate of drug-likeness (QED) is 0.713. The van der Waals surface area contributed by atoms with Crippen molar-refractivity contribution in [3.8, 4) is 16.9 Å². The molecule has 4 rings (SSSR count). The Balaban J connectivity index is 1.44. The summed E-state index contributed by atoms with van der Waals surface area (Å²) in [4.78, 5) is 18.5. The summed E-state index contributed by atoms with van der Waals surface area (Å²) in [5, 5.41) is 7.30. The molecule has 138 valence electrons. The Labute approximate surface area is 162 Å². The van der Waals surface area contributed by atoms with Crippen molar-refractivity contribution in [2.24, 2.45) is 0 Å². The van der Waals surface area contributed by atoms with Crippen LogP contribution in [0.25, 0.3) is 11.1 Å². The van der Waals surface area contributed by atoms with E-state index in [1.165, 1.54) is 10.6 Å². The molecule has 1 aliphatic rings. The number of fused-ring (bicyclic) bond motifs is 1. The Morgan fingerprint density at radius 2 is 2.07 bits per heavy atom. The van der Waals surface area contributed by atoms with Crippen LogP contribution in [0.3, 0.4) is 0 Å². The van der Waals surface area contributed by atoms with Crippen molar-refractivity contribution in [2.45, 2.75) is 19.5 Å². The third-order valence-electron chi connectivity index (χ3n) is 4.59. The fourth-order valence-corrected chi connectivity index (χ4v) is 4.16. The van der Waals surface area contributed by atoms with Crippen LogP contribution >= 0.6 is 11.3 Å². The van der Waals surface area contributed by atoms with Gasteiger partial charge in [-0.1, -0.05) is 24.3 Å². The Bertz CT molecular complexity index is 927. The molecule has 0 atom stereocenters. The molecule has 0 unspecified atom stereocenters. The van der Waals surface area contributed by atoms with E-state index in [0.29, 0.717) is 12.1 Å². The molecule has 0 radical (unpaired) electrons. The number of benzene rings is 2. The van der Waals surface area contributed by atoms with Gasteiger partial charge in [0.05, 0.1) is 19.3 Å². The third-order valence-corrected chi connectivity index (χ3v) is 5.69. The van der Waals surface area contributed by atoms with E-state index in [2.05, 4.69) is 15.6 Å². The van der Waals surface area contributed by atoms with Gasteiger partial charge < -0.3 is 15.4 Å². The number of nitrogens with one attached hydrogen (secondary N) is 2. The van der Waals surface area contributed by atoms with Crippen molar-refractivity contribution in [1.82, 2.24) is 15.6 Å². The smallest absolute Gasteiger partial charge is 0.251 e. The van der Waals surface area contributed by atoms with Crippen LogP contribution in [0.1, 0.15) is 25.9 Å². The van der Waals surface area contributed by atoms with Crippen molar-refractivity contribution >= 4 is 17.2 Å². The first-order chi connectivity index (χ1) is 13.2. The monoisotopic (exact) mass is 379 g/mol. The van der Waals surface area contributed by atoms with Crippen LogP contribution in [0.2, 0.25) is 0 Å². The number of amides is 1. The number of hydrogen-bond donors (Lipinski definition) is 2. The van der Waals surface area contributed by atoms with Crippen LogP contribution < -0.4 is 15.4 Å². The SMILES string of the molecule is COc1ccc(-c2cccc(C(=O)NCc3nc4c(s3)CNCC4)c2)cc1. The van der Waals surface area contributed by atoms with Crippen molar-refractivity contribution in [3.63, 3.8) is 0 Å². The Morgan fingerprint density at radius 1 is 1.22 bits per heavy atom. The molecule has 27 heavy (non-hydrogen) atoms. The van der Waals surface area contributed by atoms with E-state index in [9.17, 15) is 4.79 Å². The molecule has 0 saturated carbocycles. The lowest BCUT2D eigenvalue weighted by molar-refractivity contribution is 0.0951. The highest BCUT2D eigenvalue weighted by Gasteiger charge is 2.15. The van der Waals surface area contributed by atoms with Crippen LogP contribution in [0.15, 0.2) is 48.5 Å². The minimum absolute atomic E-state index is 0.0864. The molecule has 0 saturated heterocycles. The van der Waals surface area contributed by atoms with E-state index in [1.807, 2.05) is 48.5 Å². The summed E-state index contributed by atoms with van der Waals surface area (Å²) in [6, 6.07) is 15.5. The van der Waals surface area contributed by atoms with Crippen molar-refractivity contribution in [1.29, 1.82) is 0 Å². The second-order valence-corrected chi connectivity index (χ2v) is 7.56. The number of ether oxygens (including phenoxy) is 1. The maximum atomic E-state index is 12.6. The van der Waals surface area contributed by atoms with Crippen LogP contribution in [0, 0.1) is 0 Å². The molecule has 1 amide bonds. The lowest BCUT2D eigenvalue weighted by Gasteiger charge is -2.09. The highest BCUT2D eigenvalue weighted by molar-refractivity contribution is 7.11. The number of carbonyl (C=O) groups excluding carboxylic acids is 1. The molecular weight excluding hydrogens is 358 g/mol. The zero-order valence-electron chi connectivity index (χ0n) is 15.1. The van der Waals surface area contributed by atoms with Gasteiger partial charge in [-0.15, -0.1) is 11.3 Å². The molecule has 2 heterocycles. The fraction of sp³-hybridized carbons (Fsp3) is 0.238. The zero-order chi connectivity index (χ0) is 18.6. The van der Waals surface area contributed by atoms with Gasteiger partial charge >= 0.3 is 0 Å².